The number of hydrogen-bond donors (Lipinski definition) is 0. The van der Waals surface area contributed by atoms with E-state index in [1.807, 2.05) is 23.1 Å². The van der Waals surface area contributed by atoms with E-state index in [1.54, 1.807) is 0 Å². The number of aromatic nitrogens is 2. The van der Waals surface area contributed by atoms with Crippen molar-refractivity contribution >= 4 is 34.4 Å². The minimum Gasteiger partial charge on any atom is -0.368 e. The van der Waals surface area contributed by atoms with Crippen LogP contribution in [0.2, 0.25) is 0 Å². The van der Waals surface area contributed by atoms with E-state index in [4.69, 9.17) is 0 Å². The Hall–Kier alpha value is -2.47. The quantitative estimate of drug-likeness (QED) is 0.710. The largest absolute Gasteiger partial charge is 0.368 e. The van der Waals surface area contributed by atoms with Crippen LogP contribution >= 0.6 is 11.7 Å². The number of hydrogen-bond acceptors (Lipinski definition) is 5. The van der Waals surface area contributed by atoms with Gasteiger partial charge in [0.2, 0.25) is 0 Å². The monoisotopic (exact) mass is 352 g/mol. The predicted molar refractivity (Wildman–Crippen MR) is 101 cm³/mol. The van der Waals surface area contributed by atoms with Crippen LogP contribution in [0.15, 0.2) is 36.4 Å². The third-order valence-corrected chi connectivity index (χ3v) is 5.54. The molecule has 0 atom stereocenters. The highest BCUT2D eigenvalue weighted by molar-refractivity contribution is 7.00. The molecule has 0 bridgehead atoms. The lowest BCUT2D eigenvalue weighted by Gasteiger charge is -2.37. The Bertz CT molecular complexity index is 928. The number of carbonyl (C=O) groups excluding carboxylic acids is 1. The van der Waals surface area contributed by atoms with E-state index in [1.165, 1.54) is 28.5 Å². The summed E-state index contributed by atoms with van der Waals surface area (Å²) in [5.74, 6) is 0.0792. The fraction of sp³-hybridized carbons (Fsp3) is 0.316. The summed E-state index contributed by atoms with van der Waals surface area (Å²) in [5, 5.41) is 0. The minimum atomic E-state index is 0.0792. The smallest absolute Gasteiger partial charge is 0.254 e. The van der Waals surface area contributed by atoms with Crippen molar-refractivity contribution in [2.75, 3.05) is 31.1 Å². The van der Waals surface area contributed by atoms with Crippen molar-refractivity contribution in [3.05, 3.63) is 53.1 Å². The molecule has 0 radical (unpaired) electrons. The molecule has 0 unspecified atom stereocenters. The average Bonchev–Trinajstić information content (AvgIpc) is 3.11. The SMILES string of the molecule is Cc1cccc(N2CCN(C(=O)c3ccc4nsnc4c3)CC2)c1C. The zero-order valence-corrected chi connectivity index (χ0v) is 15.2. The molecular formula is C19H20N4OS. The summed E-state index contributed by atoms with van der Waals surface area (Å²) in [4.78, 5) is 17.1. The van der Waals surface area contributed by atoms with Gasteiger partial charge in [-0.05, 0) is 49.2 Å². The van der Waals surface area contributed by atoms with Crippen molar-refractivity contribution in [3.63, 3.8) is 0 Å². The Labute approximate surface area is 151 Å². The van der Waals surface area contributed by atoms with Gasteiger partial charge in [0.05, 0.1) is 11.7 Å². The molecule has 128 valence electrons. The summed E-state index contributed by atoms with van der Waals surface area (Å²) in [6.07, 6.45) is 0. The van der Waals surface area contributed by atoms with Gasteiger partial charge in [0.25, 0.3) is 5.91 Å². The molecule has 3 aromatic rings. The number of piperazine rings is 1. The Morgan fingerprint density at radius 3 is 2.56 bits per heavy atom. The third-order valence-electron chi connectivity index (χ3n) is 4.98. The highest BCUT2D eigenvalue weighted by atomic mass is 32.1. The van der Waals surface area contributed by atoms with Crippen molar-refractivity contribution in [2.24, 2.45) is 0 Å². The van der Waals surface area contributed by atoms with Gasteiger partial charge < -0.3 is 9.80 Å². The van der Waals surface area contributed by atoms with Crippen LogP contribution in [0.4, 0.5) is 5.69 Å². The molecule has 0 N–H and O–H groups in total. The number of amides is 1. The Kier molecular flexibility index (Phi) is 4.13. The first kappa shape index (κ1) is 16.0. The van der Waals surface area contributed by atoms with Crippen molar-refractivity contribution < 1.29 is 4.79 Å². The summed E-state index contributed by atoms with van der Waals surface area (Å²) in [6.45, 7) is 7.49. The van der Waals surface area contributed by atoms with E-state index in [2.05, 4.69) is 45.7 Å². The molecule has 1 aliphatic rings. The number of carbonyl (C=O) groups is 1. The number of aryl methyl sites for hydroxylation is 1. The van der Waals surface area contributed by atoms with Gasteiger partial charge >= 0.3 is 0 Å². The van der Waals surface area contributed by atoms with Crippen LogP contribution in [-0.2, 0) is 0 Å². The number of anilines is 1. The normalized spacial score (nSPS) is 15.0. The molecule has 2 aromatic carbocycles. The summed E-state index contributed by atoms with van der Waals surface area (Å²) in [5.41, 5.74) is 6.25. The standard InChI is InChI=1S/C19H20N4OS/c1-13-4-3-5-18(14(13)2)22-8-10-23(11-9-22)19(24)15-6-7-16-17(12-15)21-25-20-16/h3-7,12H,8-11H2,1-2H3. The van der Waals surface area contributed by atoms with Crippen LogP contribution in [0.5, 0.6) is 0 Å². The summed E-state index contributed by atoms with van der Waals surface area (Å²) in [7, 11) is 0. The van der Waals surface area contributed by atoms with Gasteiger partial charge in [-0.25, -0.2) is 0 Å². The summed E-state index contributed by atoms with van der Waals surface area (Å²) < 4.78 is 8.42. The highest BCUT2D eigenvalue weighted by Crippen LogP contribution is 2.24. The molecule has 0 saturated carbocycles. The van der Waals surface area contributed by atoms with Crippen molar-refractivity contribution in [3.8, 4) is 0 Å². The molecule has 6 heteroatoms. The van der Waals surface area contributed by atoms with E-state index >= 15 is 0 Å². The summed E-state index contributed by atoms with van der Waals surface area (Å²) >= 11 is 1.18. The molecule has 1 saturated heterocycles. The number of nitrogens with zero attached hydrogens (tertiary/aromatic N) is 4. The fourth-order valence-corrected chi connectivity index (χ4v) is 3.84. The lowest BCUT2D eigenvalue weighted by Crippen LogP contribution is -2.49. The van der Waals surface area contributed by atoms with E-state index in [0.29, 0.717) is 5.56 Å². The maximum Gasteiger partial charge on any atom is 0.254 e. The lowest BCUT2D eigenvalue weighted by molar-refractivity contribution is 0.0747. The first-order valence-electron chi connectivity index (χ1n) is 8.46. The molecule has 1 aromatic heterocycles. The molecule has 1 aliphatic heterocycles. The van der Waals surface area contributed by atoms with Gasteiger partial charge in [-0.3, -0.25) is 4.79 Å². The lowest BCUT2D eigenvalue weighted by atomic mass is 10.1. The fourth-order valence-electron chi connectivity index (χ4n) is 3.33. The zero-order chi connectivity index (χ0) is 17.4. The Morgan fingerprint density at radius 1 is 1.00 bits per heavy atom. The van der Waals surface area contributed by atoms with E-state index in [9.17, 15) is 4.79 Å². The molecule has 25 heavy (non-hydrogen) atoms. The zero-order valence-electron chi connectivity index (χ0n) is 14.4. The third kappa shape index (κ3) is 2.98. The maximum absolute atomic E-state index is 12.8. The molecular weight excluding hydrogens is 332 g/mol. The van der Waals surface area contributed by atoms with Crippen LogP contribution < -0.4 is 4.90 Å². The van der Waals surface area contributed by atoms with Gasteiger partial charge in [0.15, 0.2) is 0 Å². The first-order chi connectivity index (χ1) is 12.1. The Balaban J connectivity index is 1.47. The van der Waals surface area contributed by atoms with Crippen LogP contribution in [0.1, 0.15) is 21.5 Å². The molecule has 5 nitrogen and oxygen atoms in total. The van der Waals surface area contributed by atoms with E-state index in [-0.39, 0.29) is 5.91 Å². The average molecular weight is 352 g/mol. The first-order valence-corrected chi connectivity index (χ1v) is 9.19. The number of rotatable bonds is 2. The van der Waals surface area contributed by atoms with Gasteiger partial charge in [-0.2, -0.15) is 8.75 Å². The van der Waals surface area contributed by atoms with Crippen molar-refractivity contribution in [1.29, 1.82) is 0 Å². The molecule has 1 fully saturated rings. The van der Waals surface area contributed by atoms with Gasteiger partial charge in [-0.1, -0.05) is 12.1 Å². The highest BCUT2D eigenvalue weighted by Gasteiger charge is 2.23. The molecule has 0 spiro atoms. The topological polar surface area (TPSA) is 49.3 Å². The van der Waals surface area contributed by atoms with Gasteiger partial charge in [0, 0.05) is 37.4 Å². The maximum atomic E-state index is 12.8. The van der Waals surface area contributed by atoms with Crippen LogP contribution in [0, 0.1) is 13.8 Å². The van der Waals surface area contributed by atoms with Crippen LogP contribution in [0.25, 0.3) is 11.0 Å². The second-order valence-corrected chi connectivity index (χ2v) is 6.99. The predicted octanol–water partition coefficient (Wildman–Crippen LogP) is 3.27. The molecule has 2 heterocycles. The molecule has 4 rings (SSSR count). The van der Waals surface area contributed by atoms with E-state index in [0.717, 1.165) is 37.2 Å². The summed E-state index contributed by atoms with van der Waals surface area (Å²) in [6, 6.07) is 12.0. The van der Waals surface area contributed by atoms with Crippen molar-refractivity contribution in [1.82, 2.24) is 13.6 Å². The van der Waals surface area contributed by atoms with E-state index < -0.39 is 0 Å². The van der Waals surface area contributed by atoms with Gasteiger partial charge in [0.1, 0.15) is 11.0 Å². The second-order valence-electron chi connectivity index (χ2n) is 6.47. The van der Waals surface area contributed by atoms with Crippen LogP contribution in [-0.4, -0.2) is 45.7 Å². The second kappa shape index (κ2) is 6.44. The Morgan fingerprint density at radius 2 is 1.76 bits per heavy atom. The molecule has 0 aliphatic carbocycles. The minimum absolute atomic E-state index is 0.0792. The number of fused-ring (bicyclic) bond motifs is 1. The van der Waals surface area contributed by atoms with Gasteiger partial charge in [-0.15, -0.1) is 0 Å². The number of benzene rings is 2. The van der Waals surface area contributed by atoms with Crippen LogP contribution in [0.3, 0.4) is 0 Å². The molecule has 1 amide bonds. The van der Waals surface area contributed by atoms with Crippen molar-refractivity contribution in [2.45, 2.75) is 13.8 Å².